The van der Waals surface area contributed by atoms with Gasteiger partial charge in [-0.15, -0.1) is 11.3 Å². The molecule has 0 saturated heterocycles. The van der Waals surface area contributed by atoms with Crippen molar-refractivity contribution in [2.45, 2.75) is 70.9 Å². The minimum absolute atomic E-state index is 0.536. The molecule has 2 atom stereocenters. The number of aryl methyl sites for hydroxylation is 2. The maximum atomic E-state index is 3.79. The lowest BCUT2D eigenvalue weighted by Crippen LogP contribution is -2.28. The zero-order chi connectivity index (χ0) is 12.5. The van der Waals surface area contributed by atoms with Crippen molar-refractivity contribution < 1.29 is 0 Å². The molecule has 0 bridgehead atoms. The van der Waals surface area contributed by atoms with Crippen LogP contribution in [0.2, 0.25) is 0 Å². The fraction of sp³-hybridized carbons (Fsp3) is 0.750. The molecule has 2 heteroatoms. The van der Waals surface area contributed by atoms with E-state index in [1.54, 1.807) is 15.3 Å². The molecule has 3 rings (SSSR count). The Bertz CT molecular complexity index is 382. The molecule has 2 aliphatic carbocycles. The van der Waals surface area contributed by atoms with Crippen LogP contribution >= 0.6 is 11.3 Å². The minimum atomic E-state index is 0.536. The summed E-state index contributed by atoms with van der Waals surface area (Å²) in [5.74, 6) is 1.02. The zero-order valence-corrected chi connectivity index (χ0v) is 12.5. The standard InChI is InChI=1S/C16H25NS/c1-11(9-13-7-8-13)17-12(2)16-10-14-5-3-4-6-15(14)18-16/h10-13,17H,3-9H2,1-2H3. The first-order chi connectivity index (χ1) is 8.72. The van der Waals surface area contributed by atoms with Gasteiger partial charge in [0.05, 0.1) is 0 Å². The molecule has 0 radical (unpaired) electrons. The van der Waals surface area contributed by atoms with Crippen LogP contribution in [0.4, 0.5) is 0 Å². The van der Waals surface area contributed by atoms with Crippen LogP contribution in [0.5, 0.6) is 0 Å². The van der Waals surface area contributed by atoms with Crippen LogP contribution in [0, 0.1) is 5.92 Å². The van der Waals surface area contributed by atoms with E-state index in [-0.39, 0.29) is 0 Å². The van der Waals surface area contributed by atoms with Crippen LogP contribution < -0.4 is 5.32 Å². The lowest BCUT2D eigenvalue weighted by Gasteiger charge is -2.18. The van der Waals surface area contributed by atoms with Gasteiger partial charge in [0.1, 0.15) is 0 Å². The highest BCUT2D eigenvalue weighted by Gasteiger charge is 2.24. The highest BCUT2D eigenvalue weighted by Crippen LogP contribution is 2.35. The maximum Gasteiger partial charge on any atom is 0.0388 e. The van der Waals surface area contributed by atoms with Crippen molar-refractivity contribution >= 4 is 11.3 Å². The predicted molar refractivity (Wildman–Crippen MR) is 79.3 cm³/mol. The van der Waals surface area contributed by atoms with E-state index in [0.29, 0.717) is 12.1 Å². The fourth-order valence-corrected chi connectivity index (χ4v) is 4.43. The third-order valence-electron chi connectivity index (χ3n) is 4.36. The van der Waals surface area contributed by atoms with Gasteiger partial charge in [0.15, 0.2) is 0 Å². The summed E-state index contributed by atoms with van der Waals surface area (Å²) < 4.78 is 0. The molecular weight excluding hydrogens is 238 g/mol. The van der Waals surface area contributed by atoms with Crippen LogP contribution in [0.3, 0.4) is 0 Å². The Morgan fingerprint density at radius 2 is 2.06 bits per heavy atom. The number of fused-ring (bicyclic) bond motifs is 1. The Labute approximate surface area is 115 Å². The molecule has 2 unspecified atom stereocenters. The van der Waals surface area contributed by atoms with Gasteiger partial charge >= 0.3 is 0 Å². The first-order valence-corrected chi connectivity index (χ1v) is 8.41. The molecule has 0 amide bonds. The lowest BCUT2D eigenvalue weighted by molar-refractivity contribution is 0.442. The van der Waals surface area contributed by atoms with E-state index in [9.17, 15) is 0 Å². The summed E-state index contributed by atoms with van der Waals surface area (Å²) in [6, 6.07) is 3.68. The first-order valence-electron chi connectivity index (χ1n) is 7.60. The highest BCUT2D eigenvalue weighted by atomic mass is 32.1. The van der Waals surface area contributed by atoms with Crippen molar-refractivity contribution in [1.82, 2.24) is 5.32 Å². The van der Waals surface area contributed by atoms with Crippen molar-refractivity contribution in [2.24, 2.45) is 5.92 Å². The second-order valence-corrected chi connectivity index (χ2v) is 7.44. The quantitative estimate of drug-likeness (QED) is 0.826. The molecule has 2 aliphatic rings. The van der Waals surface area contributed by atoms with E-state index in [0.717, 1.165) is 5.92 Å². The normalized spacial score (nSPS) is 22.6. The van der Waals surface area contributed by atoms with Gasteiger partial charge in [-0.1, -0.05) is 12.8 Å². The molecule has 0 aliphatic heterocycles. The Hall–Kier alpha value is -0.340. The van der Waals surface area contributed by atoms with Gasteiger partial charge in [-0.05, 0) is 63.5 Å². The topological polar surface area (TPSA) is 12.0 Å². The van der Waals surface area contributed by atoms with Crippen LogP contribution in [0.1, 0.15) is 67.3 Å². The summed E-state index contributed by atoms with van der Waals surface area (Å²) in [5.41, 5.74) is 1.64. The highest BCUT2D eigenvalue weighted by molar-refractivity contribution is 7.12. The van der Waals surface area contributed by atoms with Gasteiger partial charge < -0.3 is 5.32 Å². The second-order valence-electron chi connectivity index (χ2n) is 6.27. The zero-order valence-electron chi connectivity index (χ0n) is 11.7. The predicted octanol–water partition coefficient (Wildman–Crippen LogP) is 4.47. The third-order valence-corrected chi connectivity index (χ3v) is 5.78. The van der Waals surface area contributed by atoms with E-state index < -0.39 is 0 Å². The Balaban J connectivity index is 1.60. The second kappa shape index (κ2) is 5.34. The van der Waals surface area contributed by atoms with Gasteiger partial charge in [-0.2, -0.15) is 0 Å². The number of hydrogen-bond acceptors (Lipinski definition) is 2. The first kappa shape index (κ1) is 12.7. The summed E-state index contributed by atoms with van der Waals surface area (Å²) in [6.07, 6.45) is 9.73. The number of rotatable bonds is 5. The van der Waals surface area contributed by atoms with Crippen molar-refractivity contribution in [2.75, 3.05) is 0 Å². The van der Waals surface area contributed by atoms with Gasteiger partial charge in [0.2, 0.25) is 0 Å². The van der Waals surface area contributed by atoms with Crippen LogP contribution in [0.25, 0.3) is 0 Å². The lowest BCUT2D eigenvalue weighted by atomic mass is 9.99. The van der Waals surface area contributed by atoms with Gasteiger partial charge in [0, 0.05) is 21.8 Å². The largest absolute Gasteiger partial charge is 0.307 e. The molecule has 18 heavy (non-hydrogen) atoms. The van der Waals surface area contributed by atoms with E-state index in [1.165, 1.54) is 44.9 Å². The van der Waals surface area contributed by atoms with Crippen molar-refractivity contribution in [3.05, 3.63) is 21.4 Å². The molecule has 1 fully saturated rings. The third kappa shape index (κ3) is 2.97. The van der Waals surface area contributed by atoms with E-state index in [2.05, 4.69) is 36.6 Å². The Kier molecular flexibility index (Phi) is 3.76. The molecule has 1 nitrogen and oxygen atoms in total. The average molecular weight is 263 g/mol. The molecule has 1 aromatic rings. The van der Waals surface area contributed by atoms with Crippen molar-refractivity contribution in [3.63, 3.8) is 0 Å². The monoisotopic (exact) mass is 263 g/mol. The summed E-state index contributed by atoms with van der Waals surface area (Å²) >= 11 is 2.06. The molecule has 100 valence electrons. The van der Waals surface area contributed by atoms with Crippen molar-refractivity contribution in [3.8, 4) is 0 Å². The average Bonchev–Trinajstić information content (AvgIpc) is 3.05. The van der Waals surface area contributed by atoms with Gasteiger partial charge in [-0.3, -0.25) is 0 Å². The number of nitrogens with one attached hydrogen (secondary N) is 1. The number of hydrogen-bond donors (Lipinski definition) is 1. The van der Waals surface area contributed by atoms with Gasteiger partial charge in [0.25, 0.3) is 0 Å². The van der Waals surface area contributed by atoms with E-state index in [4.69, 9.17) is 0 Å². The minimum Gasteiger partial charge on any atom is -0.307 e. The summed E-state index contributed by atoms with van der Waals surface area (Å²) in [6.45, 7) is 4.68. The smallest absolute Gasteiger partial charge is 0.0388 e. The maximum absolute atomic E-state index is 3.79. The summed E-state index contributed by atoms with van der Waals surface area (Å²) in [5, 5.41) is 3.79. The molecule has 1 aromatic heterocycles. The molecule has 0 aromatic carbocycles. The fourth-order valence-electron chi connectivity index (χ4n) is 3.16. The SMILES string of the molecule is CC(CC1CC1)NC(C)c1cc2c(s1)CCCC2. The van der Waals surface area contributed by atoms with Crippen molar-refractivity contribution in [1.29, 1.82) is 0 Å². The molecule has 1 saturated carbocycles. The van der Waals surface area contributed by atoms with Gasteiger partial charge in [-0.25, -0.2) is 0 Å². The summed E-state index contributed by atoms with van der Waals surface area (Å²) in [4.78, 5) is 3.23. The molecular formula is C16H25NS. The molecule has 1 N–H and O–H groups in total. The summed E-state index contributed by atoms with van der Waals surface area (Å²) in [7, 11) is 0. The Morgan fingerprint density at radius 3 is 2.78 bits per heavy atom. The van der Waals surface area contributed by atoms with Crippen LogP contribution in [-0.2, 0) is 12.8 Å². The number of thiophene rings is 1. The van der Waals surface area contributed by atoms with Crippen LogP contribution in [0.15, 0.2) is 6.07 Å². The molecule has 0 spiro atoms. The molecule has 1 heterocycles. The van der Waals surface area contributed by atoms with E-state index >= 15 is 0 Å². The van der Waals surface area contributed by atoms with E-state index in [1.807, 2.05) is 0 Å². The Morgan fingerprint density at radius 1 is 1.28 bits per heavy atom. The van der Waals surface area contributed by atoms with Crippen LogP contribution in [-0.4, -0.2) is 6.04 Å².